The van der Waals surface area contributed by atoms with Crippen LogP contribution in [0, 0.1) is 0 Å². The van der Waals surface area contributed by atoms with Crippen LogP contribution in [-0.4, -0.2) is 40.3 Å². The Morgan fingerprint density at radius 1 is 1.18 bits per heavy atom. The van der Waals surface area contributed by atoms with Gasteiger partial charge >= 0.3 is 6.01 Å². The van der Waals surface area contributed by atoms with E-state index >= 15 is 0 Å². The van der Waals surface area contributed by atoms with Crippen molar-refractivity contribution in [3.05, 3.63) is 0 Å². The zero-order chi connectivity index (χ0) is 12.5. The lowest BCUT2D eigenvalue weighted by atomic mass is 10.2. The van der Waals surface area contributed by atoms with Gasteiger partial charge in [-0.25, -0.2) is 5.84 Å². The summed E-state index contributed by atoms with van der Waals surface area (Å²) in [6.45, 7) is 0.942. The van der Waals surface area contributed by atoms with Gasteiger partial charge in [-0.15, -0.1) is 0 Å². The van der Waals surface area contributed by atoms with Crippen molar-refractivity contribution in [2.75, 3.05) is 31.0 Å². The van der Waals surface area contributed by atoms with Crippen molar-refractivity contribution in [2.45, 2.75) is 19.3 Å². The number of aliphatic hydroxyl groups excluding tert-OH is 1. The third-order valence-electron chi connectivity index (χ3n) is 2.04. The Kier molecular flexibility index (Phi) is 5.97. The zero-order valence-corrected chi connectivity index (χ0v) is 9.81. The second-order valence-corrected chi connectivity index (χ2v) is 3.32. The topological polar surface area (TPSA) is 118 Å². The summed E-state index contributed by atoms with van der Waals surface area (Å²) in [6, 6.07) is 0.200. The highest BCUT2D eigenvalue weighted by molar-refractivity contribution is 5.34. The molecule has 0 unspecified atom stereocenters. The van der Waals surface area contributed by atoms with Crippen molar-refractivity contribution in [2.24, 2.45) is 5.84 Å². The van der Waals surface area contributed by atoms with Gasteiger partial charge in [0, 0.05) is 13.2 Å². The van der Waals surface area contributed by atoms with E-state index in [1.165, 1.54) is 7.11 Å². The van der Waals surface area contributed by atoms with Crippen LogP contribution in [0.25, 0.3) is 0 Å². The number of ether oxygens (including phenoxy) is 1. The monoisotopic (exact) mass is 242 g/mol. The molecule has 1 aromatic rings. The Labute approximate surface area is 99.6 Å². The number of nitrogens with one attached hydrogen (secondary N) is 2. The minimum Gasteiger partial charge on any atom is -0.467 e. The molecule has 96 valence electrons. The van der Waals surface area contributed by atoms with Gasteiger partial charge < -0.3 is 15.2 Å². The van der Waals surface area contributed by atoms with E-state index < -0.39 is 0 Å². The number of unbranched alkanes of at least 4 members (excludes halogenated alkanes) is 2. The fourth-order valence-electron chi connectivity index (χ4n) is 1.21. The fraction of sp³-hybridized carbons (Fsp3) is 0.667. The number of aliphatic hydroxyl groups is 1. The van der Waals surface area contributed by atoms with Gasteiger partial charge in [0.15, 0.2) is 0 Å². The first-order valence-electron chi connectivity index (χ1n) is 5.41. The maximum absolute atomic E-state index is 8.63. The first-order chi connectivity index (χ1) is 8.30. The fourth-order valence-corrected chi connectivity index (χ4v) is 1.21. The molecule has 1 rings (SSSR count). The van der Waals surface area contributed by atoms with Gasteiger partial charge in [0.1, 0.15) is 0 Å². The summed E-state index contributed by atoms with van der Waals surface area (Å²) < 4.78 is 4.91. The van der Waals surface area contributed by atoms with Crippen LogP contribution in [0.5, 0.6) is 6.01 Å². The third-order valence-corrected chi connectivity index (χ3v) is 2.04. The van der Waals surface area contributed by atoms with Crippen LogP contribution >= 0.6 is 0 Å². The van der Waals surface area contributed by atoms with E-state index in [2.05, 4.69) is 25.7 Å². The largest absolute Gasteiger partial charge is 0.467 e. The summed E-state index contributed by atoms with van der Waals surface area (Å²) in [5.41, 5.74) is 2.34. The number of hydrazine groups is 1. The number of anilines is 2. The van der Waals surface area contributed by atoms with Gasteiger partial charge in [-0.1, -0.05) is 0 Å². The highest BCUT2D eigenvalue weighted by Gasteiger charge is 2.04. The Bertz CT molecular complexity index is 313. The maximum Gasteiger partial charge on any atom is 0.322 e. The first-order valence-corrected chi connectivity index (χ1v) is 5.41. The smallest absolute Gasteiger partial charge is 0.322 e. The Hall–Kier alpha value is -1.67. The SMILES string of the molecule is COc1nc(NN)nc(NCCCCCO)n1. The molecule has 0 atom stereocenters. The summed E-state index contributed by atoms with van der Waals surface area (Å²) in [5, 5.41) is 11.7. The third kappa shape index (κ3) is 4.79. The van der Waals surface area contributed by atoms with Crippen LogP contribution in [0.2, 0.25) is 0 Å². The summed E-state index contributed by atoms with van der Waals surface area (Å²) in [7, 11) is 1.47. The first kappa shape index (κ1) is 13.4. The molecule has 0 aliphatic rings. The highest BCUT2D eigenvalue weighted by atomic mass is 16.5. The van der Waals surface area contributed by atoms with Crippen molar-refractivity contribution < 1.29 is 9.84 Å². The van der Waals surface area contributed by atoms with Gasteiger partial charge in [0.05, 0.1) is 7.11 Å². The quantitative estimate of drug-likeness (QED) is 0.280. The normalized spacial score (nSPS) is 10.1. The molecule has 0 aromatic carbocycles. The van der Waals surface area contributed by atoms with Crippen LogP contribution in [0.15, 0.2) is 0 Å². The molecule has 1 aromatic heterocycles. The van der Waals surface area contributed by atoms with E-state index in [0.717, 1.165) is 25.8 Å². The number of nitrogens with zero attached hydrogens (tertiary/aromatic N) is 3. The number of aromatic nitrogens is 3. The molecular weight excluding hydrogens is 224 g/mol. The van der Waals surface area contributed by atoms with E-state index in [1.807, 2.05) is 0 Å². The van der Waals surface area contributed by atoms with E-state index in [-0.39, 0.29) is 18.6 Å². The number of nitrogens with two attached hydrogens (primary N) is 1. The molecular formula is C9H18N6O2. The molecule has 0 radical (unpaired) electrons. The minimum absolute atomic E-state index is 0.200. The lowest BCUT2D eigenvalue weighted by molar-refractivity contribution is 0.283. The molecule has 0 spiro atoms. The summed E-state index contributed by atoms with van der Waals surface area (Å²) >= 11 is 0. The summed E-state index contributed by atoms with van der Waals surface area (Å²) in [5.74, 6) is 5.88. The Balaban J connectivity index is 2.46. The second-order valence-electron chi connectivity index (χ2n) is 3.32. The van der Waals surface area contributed by atoms with Crippen LogP contribution < -0.4 is 21.3 Å². The van der Waals surface area contributed by atoms with Crippen LogP contribution in [0.4, 0.5) is 11.9 Å². The number of hydrogen-bond acceptors (Lipinski definition) is 8. The summed E-state index contributed by atoms with van der Waals surface area (Å²) in [6.07, 6.45) is 2.69. The van der Waals surface area contributed by atoms with Crippen molar-refractivity contribution in [1.82, 2.24) is 15.0 Å². The molecule has 1 heterocycles. The molecule has 0 saturated carbocycles. The van der Waals surface area contributed by atoms with Crippen molar-refractivity contribution in [3.8, 4) is 6.01 Å². The van der Waals surface area contributed by atoms with Crippen molar-refractivity contribution in [3.63, 3.8) is 0 Å². The Morgan fingerprint density at radius 3 is 2.59 bits per heavy atom. The number of methoxy groups -OCH3 is 1. The van der Waals surface area contributed by atoms with Crippen LogP contribution in [0.3, 0.4) is 0 Å². The van der Waals surface area contributed by atoms with Gasteiger partial charge in [0.25, 0.3) is 0 Å². The molecule has 0 amide bonds. The highest BCUT2D eigenvalue weighted by Crippen LogP contribution is 2.09. The van der Waals surface area contributed by atoms with Gasteiger partial charge in [0.2, 0.25) is 11.9 Å². The maximum atomic E-state index is 8.63. The molecule has 8 heteroatoms. The Morgan fingerprint density at radius 2 is 1.94 bits per heavy atom. The van der Waals surface area contributed by atoms with Gasteiger partial charge in [-0.05, 0) is 19.3 Å². The van der Waals surface area contributed by atoms with E-state index in [1.54, 1.807) is 0 Å². The molecule has 0 saturated heterocycles. The van der Waals surface area contributed by atoms with Crippen molar-refractivity contribution >= 4 is 11.9 Å². The van der Waals surface area contributed by atoms with E-state index in [9.17, 15) is 0 Å². The number of nitrogen functional groups attached to an aromatic ring is 1. The predicted octanol–water partition coefficient (Wildman–Crippen LogP) is -0.260. The van der Waals surface area contributed by atoms with Crippen LogP contribution in [0.1, 0.15) is 19.3 Å². The van der Waals surface area contributed by atoms with Crippen LogP contribution in [-0.2, 0) is 0 Å². The standard InChI is InChI=1S/C9H18N6O2/c1-17-9-13-7(12-8(14-9)15-10)11-5-3-2-4-6-16/h16H,2-6,10H2,1H3,(H2,11,12,13,14,15). The number of rotatable bonds is 8. The molecule has 17 heavy (non-hydrogen) atoms. The molecule has 0 bridgehead atoms. The molecule has 0 aliphatic heterocycles. The number of hydrogen-bond donors (Lipinski definition) is 4. The van der Waals surface area contributed by atoms with Crippen molar-refractivity contribution in [1.29, 1.82) is 0 Å². The van der Waals surface area contributed by atoms with E-state index in [0.29, 0.717) is 5.95 Å². The average Bonchev–Trinajstić information content (AvgIpc) is 2.38. The second kappa shape index (κ2) is 7.58. The molecule has 0 aliphatic carbocycles. The predicted molar refractivity (Wildman–Crippen MR) is 63.6 cm³/mol. The van der Waals surface area contributed by atoms with Gasteiger partial charge in [-0.3, -0.25) is 5.43 Å². The minimum atomic E-state index is 0.200. The zero-order valence-electron chi connectivity index (χ0n) is 9.81. The summed E-state index contributed by atoms with van der Waals surface area (Å²) in [4.78, 5) is 11.9. The molecule has 0 fully saturated rings. The molecule has 5 N–H and O–H groups in total. The van der Waals surface area contributed by atoms with Gasteiger partial charge in [-0.2, -0.15) is 15.0 Å². The average molecular weight is 242 g/mol. The van der Waals surface area contributed by atoms with E-state index in [4.69, 9.17) is 15.7 Å². The lowest BCUT2D eigenvalue weighted by Crippen LogP contribution is -2.14. The lowest BCUT2D eigenvalue weighted by Gasteiger charge is -2.07. The molecule has 8 nitrogen and oxygen atoms in total.